The van der Waals surface area contributed by atoms with Crippen molar-refractivity contribution in [3.8, 4) is 5.69 Å². The van der Waals surface area contributed by atoms with E-state index in [2.05, 4.69) is 20.4 Å². The first kappa shape index (κ1) is 13.4. The minimum absolute atomic E-state index is 0.307. The third-order valence-electron chi connectivity index (χ3n) is 3.13. The fourth-order valence-corrected chi connectivity index (χ4v) is 1.99. The van der Waals surface area contributed by atoms with E-state index in [1.54, 1.807) is 23.0 Å². The van der Waals surface area contributed by atoms with Crippen molar-refractivity contribution in [3.63, 3.8) is 0 Å². The van der Waals surface area contributed by atoms with Crippen LogP contribution in [0.1, 0.15) is 13.3 Å². The number of nitrogens with zero attached hydrogens (tertiary/aromatic N) is 4. The van der Waals surface area contributed by atoms with E-state index < -0.39 is 6.23 Å². The number of benzene rings is 1. The van der Waals surface area contributed by atoms with Crippen LogP contribution in [0.25, 0.3) is 16.7 Å². The van der Waals surface area contributed by atoms with Crippen LogP contribution in [0.2, 0.25) is 0 Å². The third-order valence-corrected chi connectivity index (χ3v) is 3.13. The van der Waals surface area contributed by atoms with E-state index in [1.165, 1.54) is 18.5 Å². The SMILES string of the molecule is CC[C@@H](O)Nc1ncnc2c1cnn2-c1ccc(F)cc1. The van der Waals surface area contributed by atoms with Crippen LogP contribution in [0.15, 0.2) is 36.8 Å². The highest BCUT2D eigenvalue weighted by atomic mass is 19.1. The van der Waals surface area contributed by atoms with Crippen LogP contribution >= 0.6 is 0 Å². The van der Waals surface area contributed by atoms with Crippen LogP contribution in [0, 0.1) is 5.82 Å². The normalized spacial score (nSPS) is 12.5. The minimum Gasteiger partial charge on any atom is -0.374 e. The Bertz CT molecular complexity index is 756. The Morgan fingerprint density at radius 1 is 1.29 bits per heavy atom. The smallest absolute Gasteiger partial charge is 0.168 e. The lowest BCUT2D eigenvalue weighted by Gasteiger charge is -2.11. The zero-order chi connectivity index (χ0) is 14.8. The largest absolute Gasteiger partial charge is 0.374 e. The Morgan fingerprint density at radius 2 is 2.05 bits per heavy atom. The molecule has 0 aliphatic rings. The summed E-state index contributed by atoms with van der Waals surface area (Å²) in [6, 6.07) is 5.98. The van der Waals surface area contributed by atoms with Crippen molar-refractivity contribution in [1.29, 1.82) is 0 Å². The van der Waals surface area contributed by atoms with Crippen molar-refractivity contribution in [1.82, 2.24) is 19.7 Å². The molecule has 3 rings (SSSR count). The number of hydrogen-bond acceptors (Lipinski definition) is 5. The summed E-state index contributed by atoms with van der Waals surface area (Å²) in [5, 5.41) is 17.5. The molecule has 0 spiro atoms. The summed E-state index contributed by atoms with van der Waals surface area (Å²) in [5.41, 5.74) is 1.29. The van der Waals surface area contributed by atoms with Crippen LogP contribution in [0.3, 0.4) is 0 Å². The predicted octanol–water partition coefficient (Wildman–Crippen LogP) is 2.09. The van der Waals surface area contributed by atoms with Gasteiger partial charge in [-0.05, 0) is 30.7 Å². The second-order valence-electron chi connectivity index (χ2n) is 4.56. The zero-order valence-corrected chi connectivity index (χ0v) is 11.4. The van der Waals surface area contributed by atoms with Gasteiger partial charge in [-0.25, -0.2) is 19.0 Å². The van der Waals surface area contributed by atoms with Gasteiger partial charge >= 0.3 is 0 Å². The molecule has 0 aliphatic carbocycles. The fourth-order valence-electron chi connectivity index (χ4n) is 1.99. The van der Waals surface area contributed by atoms with E-state index in [4.69, 9.17) is 0 Å². The van der Waals surface area contributed by atoms with Crippen LogP contribution in [-0.2, 0) is 0 Å². The molecular weight excluding hydrogens is 273 g/mol. The zero-order valence-electron chi connectivity index (χ0n) is 11.4. The standard InChI is InChI=1S/C14H14FN5O/c1-2-12(21)19-13-11-7-18-20(14(11)17-8-16-13)10-5-3-9(15)4-6-10/h3-8,12,21H,2H2,1H3,(H,16,17,19)/t12-/m1/s1. The lowest BCUT2D eigenvalue weighted by atomic mass is 10.3. The number of nitrogens with one attached hydrogen (secondary N) is 1. The molecule has 7 heteroatoms. The van der Waals surface area contributed by atoms with Crippen LogP contribution in [0.5, 0.6) is 0 Å². The lowest BCUT2D eigenvalue weighted by Crippen LogP contribution is -2.18. The molecule has 1 aromatic carbocycles. The number of fused-ring (bicyclic) bond motifs is 1. The molecule has 1 atom stereocenters. The van der Waals surface area contributed by atoms with Gasteiger partial charge < -0.3 is 10.4 Å². The number of hydrogen-bond donors (Lipinski definition) is 2. The first-order valence-electron chi connectivity index (χ1n) is 6.58. The van der Waals surface area contributed by atoms with Crippen LogP contribution in [0.4, 0.5) is 10.2 Å². The van der Waals surface area contributed by atoms with Gasteiger partial charge in [-0.3, -0.25) is 0 Å². The summed E-state index contributed by atoms with van der Waals surface area (Å²) in [6.07, 6.45) is 2.88. The molecule has 0 saturated carbocycles. The van der Waals surface area contributed by atoms with Gasteiger partial charge in [0, 0.05) is 0 Å². The molecular formula is C14H14FN5O. The van der Waals surface area contributed by atoms with Gasteiger partial charge in [0.2, 0.25) is 0 Å². The molecule has 0 unspecified atom stereocenters. The molecule has 0 aliphatic heterocycles. The molecule has 2 aromatic heterocycles. The number of aliphatic hydroxyl groups excluding tert-OH is 1. The molecule has 3 aromatic rings. The number of rotatable bonds is 4. The quantitative estimate of drug-likeness (QED) is 0.719. The highest BCUT2D eigenvalue weighted by Gasteiger charge is 2.12. The van der Waals surface area contributed by atoms with Crippen molar-refractivity contribution in [2.75, 3.05) is 5.32 Å². The van der Waals surface area contributed by atoms with Crippen molar-refractivity contribution in [2.24, 2.45) is 0 Å². The summed E-state index contributed by atoms with van der Waals surface area (Å²) in [6.45, 7) is 1.86. The molecule has 0 fully saturated rings. The number of halogens is 1. The molecule has 0 amide bonds. The van der Waals surface area contributed by atoms with Gasteiger partial charge in [-0.15, -0.1) is 0 Å². The molecule has 0 bridgehead atoms. The Labute approximate surface area is 120 Å². The van der Waals surface area contributed by atoms with E-state index in [1.807, 2.05) is 6.92 Å². The van der Waals surface area contributed by atoms with E-state index in [-0.39, 0.29) is 5.82 Å². The number of aromatic nitrogens is 4. The summed E-state index contributed by atoms with van der Waals surface area (Å²) in [4.78, 5) is 8.33. The monoisotopic (exact) mass is 287 g/mol. The third kappa shape index (κ3) is 2.55. The second kappa shape index (κ2) is 5.45. The van der Waals surface area contributed by atoms with Crippen molar-refractivity contribution >= 4 is 16.9 Å². The second-order valence-corrected chi connectivity index (χ2v) is 4.56. The van der Waals surface area contributed by atoms with Crippen LogP contribution < -0.4 is 5.32 Å². The molecule has 0 radical (unpaired) electrons. The predicted molar refractivity (Wildman–Crippen MR) is 76.5 cm³/mol. The summed E-state index contributed by atoms with van der Waals surface area (Å²) in [7, 11) is 0. The van der Waals surface area contributed by atoms with Crippen molar-refractivity contribution < 1.29 is 9.50 Å². The van der Waals surface area contributed by atoms with Gasteiger partial charge in [0.1, 0.15) is 24.2 Å². The maximum Gasteiger partial charge on any atom is 0.168 e. The summed E-state index contributed by atoms with van der Waals surface area (Å²) in [5.74, 6) is 0.209. The van der Waals surface area contributed by atoms with E-state index >= 15 is 0 Å². The number of aliphatic hydroxyl groups is 1. The molecule has 6 nitrogen and oxygen atoms in total. The first-order chi connectivity index (χ1) is 10.2. The molecule has 21 heavy (non-hydrogen) atoms. The Morgan fingerprint density at radius 3 is 2.76 bits per heavy atom. The molecule has 2 heterocycles. The van der Waals surface area contributed by atoms with Crippen LogP contribution in [-0.4, -0.2) is 31.1 Å². The van der Waals surface area contributed by atoms with Crippen molar-refractivity contribution in [3.05, 3.63) is 42.6 Å². The van der Waals surface area contributed by atoms with Gasteiger partial charge in [-0.2, -0.15) is 5.10 Å². The highest BCUT2D eigenvalue weighted by Crippen LogP contribution is 2.22. The number of anilines is 1. The first-order valence-corrected chi connectivity index (χ1v) is 6.58. The Balaban J connectivity index is 2.06. The topological polar surface area (TPSA) is 75.9 Å². The van der Waals surface area contributed by atoms with E-state index in [9.17, 15) is 9.50 Å². The maximum atomic E-state index is 13.0. The van der Waals surface area contributed by atoms with Crippen molar-refractivity contribution in [2.45, 2.75) is 19.6 Å². The van der Waals surface area contributed by atoms with Gasteiger partial charge in [-0.1, -0.05) is 6.92 Å². The fraction of sp³-hybridized carbons (Fsp3) is 0.214. The lowest BCUT2D eigenvalue weighted by molar-refractivity contribution is 0.199. The average Bonchev–Trinajstić information content (AvgIpc) is 2.93. The average molecular weight is 287 g/mol. The van der Waals surface area contributed by atoms with Gasteiger partial charge in [0.05, 0.1) is 17.3 Å². The van der Waals surface area contributed by atoms with Gasteiger partial charge in [0.15, 0.2) is 5.65 Å². The Kier molecular flexibility index (Phi) is 3.49. The maximum absolute atomic E-state index is 13.0. The molecule has 108 valence electrons. The minimum atomic E-state index is -0.683. The van der Waals surface area contributed by atoms with E-state index in [0.717, 1.165) is 0 Å². The highest BCUT2D eigenvalue weighted by molar-refractivity contribution is 5.87. The van der Waals surface area contributed by atoms with Gasteiger partial charge in [0.25, 0.3) is 0 Å². The Hall–Kier alpha value is -2.54. The molecule has 2 N–H and O–H groups in total. The summed E-state index contributed by atoms with van der Waals surface area (Å²) < 4.78 is 14.6. The molecule has 0 saturated heterocycles. The van der Waals surface area contributed by atoms with E-state index in [0.29, 0.717) is 29.0 Å². The summed E-state index contributed by atoms with van der Waals surface area (Å²) >= 11 is 0.